The molecule has 0 aliphatic rings. The Bertz CT molecular complexity index is 411. The average Bonchev–Trinajstić information content (AvgIpc) is 2.28. The second-order valence-corrected chi connectivity index (χ2v) is 5.68. The van der Waals surface area contributed by atoms with Gasteiger partial charge in [0.15, 0.2) is 0 Å². The summed E-state index contributed by atoms with van der Waals surface area (Å²) in [4.78, 5) is 11.9. The van der Waals surface area contributed by atoms with Gasteiger partial charge in [-0.1, -0.05) is 41.4 Å². The fourth-order valence-electron chi connectivity index (χ4n) is 1.17. The van der Waals surface area contributed by atoms with E-state index in [4.69, 9.17) is 11.6 Å². The summed E-state index contributed by atoms with van der Waals surface area (Å²) in [6, 6.07) is 4.01. The molecule has 1 atom stereocenters. The zero-order valence-corrected chi connectivity index (χ0v) is 12.0. The molecule has 0 radical (unpaired) electrons. The summed E-state index contributed by atoms with van der Waals surface area (Å²) in [6.07, 6.45) is 0. The third-order valence-corrected chi connectivity index (χ3v) is 4.05. The normalized spacial score (nSPS) is 12.6. The van der Waals surface area contributed by atoms with Gasteiger partial charge in [0, 0.05) is 16.9 Å². The second-order valence-electron chi connectivity index (χ2n) is 4.10. The lowest BCUT2D eigenvalue weighted by atomic mass is 10.1. The van der Waals surface area contributed by atoms with Crippen LogP contribution in [-0.4, -0.2) is 17.3 Å². The third kappa shape index (κ3) is 4.28. The number of nitrogens with one attached hydrogen (secondary N) is 1. The number of amides is 1. The Morgan fingerprint density at radius 1 is 1.53 bits per heavy atom. The van der Waals surface area contributed by atoms with Crippen molar-refractivity contribution in [2.45, 2.75) is 18.7 Å². The molecule has 0 aromatic heterocycles. The van der Waals surface area contributed by atoms with Gasteiger partial charge in [-0.25, -0.2) is 4.39 Å². The van der Waals surface area contributed by atoms with Crippen molar-refractivity contribution in [3.8, 4) is 0 Å². The molecule has 1 rings (SSSR count). The Morgan fingerprint density at radius 2 is 2.18 bits per heavy atom. The van der Waals surface area contributed by atoms with Crippen molar-refractivity contribution in [1.29, 1.82) is 0 Å². The van der Waals surface area contributed by atoms with E-state index in [0.717, 1.165) is 6.07 Å². The van der Waals surface area contributed by atoms with Gasteiger partial charge in [-0.05, 0) is 24.1 Å². The lowest BCUT2D eigenvalue weighted by Gasteiger charge is -2.14. The van der Waals surface area contributed by atoms with E-state index >= 15 is 0 Å². The van der Waals surface area contributed by atoms with Crippen molar-refractivity contribution in [2.24, 2.45) is 5.92 Å². The summed E-state index contributed by atoms with van der Waals surface area (Å²) in [5.74, 6) is -0.471. The summed E-state index contributed by atoms with van der Waals surface area (Å²) < 4.78 is 13.1. The smallest absolute Gasteiger partial charge is 0.251 e. The number of benzene rings is 1. The van der Waals surface area contributed by atoms with Crippen LogP contribution < -0.4 is 5.32 Å². The first-order valence-electron chi connectivity index (χ1n) is 5.29. The van der Waals surface area contributed by atoms with E-state index in [1.165, 1.54) is 12.1 Å². The van der Waals surface area contributed by atoms with Crippen LogP contribution in [0.15, 0.2) is 18.2 Å². The first kappa shape index (κ1) is 14.5. The van der Waals surface area contributed by atoms with E-state index in [9.17, 15) is 9.18 Å². The molecule has 1 amide bonds. The Hall–Kier alpha value is -0.610. The quantitative estimate of drug-likeness (QED) is 0.843. The zero-order valence-electron chi connectivity index (χ0n) is 9.64. The highest BCUT2D eigenvalue weighted by Gasteiger charge is 2.12. The standard InChI is InChI=1S/C12H14BrClFNO/c1-7(2)9(13)6-16-12(17)8-3-4-10(14)11(15)5-8/h3-5,7,9H,6H2,1-2H3,(H,16,17). The minimum Gasteiger partial charge on any atom is -0.351 e. The summed E-state index contributed by atoms with van der Waals surface area (Å²) in [5.41, 5.74) is 0.273. The molecular formula is C12H14BrClFNO. The van der Waals surface area contributed by atoms with Gasteiger partial charge in [0.25, 0.3) is 5.91 Å². The Balaban J connectivity index is 2.61. The number of hydrogen-bond donors (Lipinski definition) is 1. The van der Waals surface area contributed by atoms with E-state index in [1.54, 1.807) is 0 Å². The summed E-state index contributed by atoms with van der Waals surface area (Å²) in [5, 5.41) is 2.75. The Kier molecular flexibility index (Phi) is 5.40. The van der Waals surface area contributed by atoms with Crippen molar-refractivity contribution in [3.05, 3.63) is 34.6 Å². The van der Waals surface area contributed by atoms with E-state index in [0.29, 0.717) is 12.5 Å². The molecule has 0 bridgehead atoms. The summed E-state index contributed by atoms with van der Waals surface area (Å²) >= 11 is 9.00. The van der Waals surface area contributed by atoms with Gasteiger partial charge < -0.3 is 5.32 Å². The molecule has 1 aromatic rings. The number of halogens is 3. The molecule has 17 heavy (non-hydrogen) atoms. The molecule has 1 N–H and O–H groups in total. The van der Waals surface area contributed by atoms with Gasteiger partial charge in [-0.15, -0.1) is 0 Å². The molecule has 0 aliphatic carbocycles. The molecule has 2 nitrogen and oxygen atoms in total. The van der Waals surface area contributed by atoms with Gasteiger partial charge >= 0.3 is 0 Å². The van der Waals surface area contributed by atoms with Gasteiger partial charge in [-0.3, -0.25) is 4.79 Å². The SMILES string of the molecule is CC(C)C(Br)CNC(=O)c1ccc(Cl)c(F)c1. The molecule has 0 saturated carbocycles. The first-order chi connectivity index (χ1) is 7.91. The molecule has 0 saturated heterocycles. The van der Waals surface area contributed by atoms with Crippen LogP contribution in [0.4, 0.5) is 4.39 Å². The maximum atomic E-state index is 13.1. The maximum Gasteiger partial charge on any atom is 0.251 e. The topological polar surface area (TPSA) is 29.1 Å². The first-order valence-corrected chi connectivity index (χ1v) is 6.58. The Labute approximate surface area is 114 Å². The molecule has 1 unspecified atom stereocenters. The summed E-state index contributed by atoms with van der Waals surface area (Å²) in [7, 11) is 0. The number of rotatable bonds is 4. The largest absolute Gasteiger partial charge is 0.351 e. The number of hydrogen-bond acceptors (Lipinski definition) is 1. The van der Waals surface area contributed by atoms with Crippen LogP contribution in [0.25, 0.3) is 0 Å². The molecule has 0 spiro atoms. The molecule has 0 aliphatic heterocycles. The van der Waals surface area contributed by atoms with Crippen LogP contribution in [0.5, 0.6) is 0 Å². The predicted octanol–water partition coefficient (Wildman–Crippen LogP) is 3.63. The minimum absolute atomic E-state index is 0.0158. The van der Waals surface area contributed by atoms with Crippen molar-refractivity contribution >= 4 is 33.4 Å². The highest BCUT2D eigenvalue weighted by Crippen LogP contribution is 2.16. The number of carbonyl (C=O) groups is 1. The lowest BCUT2D eigenvalue weighted by molar-refractivity contribution is 0.0952. The van der Waals surface area contributed by atoms with E-state index in [2.05, 4.69) is 21.2 Å². The Morgan fingerprint density at radius 3 is 2.71 bits per heavy atom. The molecule has 0 fully saturated rings. The molecule has 5 heteroatoms. The monoisotopic (exact) mass is 321 g/mol. The van der Waals surface area contributed by atoms with Crippen molar-refractivity contribution in [3.63, 3.8) is 0 Å². The highest BCUT2D eigenvalue weighted by molar-refractivity contribution is 9.09. The predicted molar refractivity (Wildman–Crippen MR) is 71.3 cm³/mol. The van der Waals surface area contributed by atoms with E-state index in [1.807, 2.05) is 13.8 Å². The second kappa shape index (κ2) is 6.36. The number of carbonyl (C=O) groups excluding carboxylic acids is 1. The van der Waals surface area contributed by atoms with Gasteiger partial charge in [0.05, 0.1) is 5.02 Å². The molecular weight excluding hydrogens is 308 g/mol. The summed E-state index contributed by atoms with van der Waals surface area (Å²) in [6.45, 7) is 4.60. The van der Waals surface area contributed by atoms with Crippen molar-refractivity contribution in [2.75, 3.05) is 6.54 Å². The molecule has 94 valence electrons. The van der Waals surface area contributed by atoms with Crippen LogP contribution in [0, 0.1) is 11.7 Å². The minimum atomic E-state index is -0.585. The van der Waals surface area contributed by atoms with Crippen LogP contribution in [0.3, 0.4) is 0 Å². The van der Waals surface area contributed by atoms with Crippen molar-refractivity contribution in [1.82, 2.24) is 5.32 Å². The van der Waals surface area contributed by atoms with Gasteiger partial charge in [0.2, 0.25) is 0 Å². The number of alkyl halides is 1. The van der Waals surface area contributed by atoms with Crippen LogP contribution >= 0.6 is 27.5 Å². The van der Waals surface area contributed by atoms with Gasteiger partial charge in [0.1, 0.15) is 5.82 Å². The highest BCUT2D eigenvalue weighted by atomic mass is 79.9. The lowest BCUT2D eigenvalue weighted by Crippen LogP contribution is -2.31. The zero-order chi connectivity index (χ0) is 13.0. The van der Waals surface area contributed by atoms with Crippen LogP contribution in [0.2, 0.25) is 5.02 Å². The van der Waals surface area contributed by atoms with Crippen LogP contribution in [-0.2, 0) is 0 Å². The fraction of sp³-hybridized carbons (Fsp3) is 0.417. The van der Waals surface area contributed by atoms with Crippen LogP contribution in [0.1, 0.15) is 24.2 Å². The molecule has 1 aromatic carbocycles. The average molecular weight is 323 g/mol. The maximum absolute atomic E-state index is 13.1. The third-order valence-electron chi connectivity index (χ3n) is 2.36. The van der Waals surface area contributed by atoms with Gasteiger partial charge in [-0.2, -0.15) is 0 Å². The van der Waals surface area contributed by atoms with E-state index in [-0.39, 0.29) is 21.3 Å². The van der Waals surface area contributed by atoms with Crippen molar-refractivity contribution < 1.29 is 9.18 Å². The van der Waals surface area contributed by atoms with E-state index < -0.39 is 5.82 Å². The fourth-order valence-corrected chi connectivity index (χ4v) is 1.44. The molecule has 0 heterocycles.